The van der Waals surface area contributed by atoms with E-state index in [0.29, 0.717) is 6.54 Å². The van der Waals surface area contributed by atoms with Gasteiger partial charge in [0.15, 0.2) is 0 Å². The Morgan fingerprint density at radius 1 is 1.69 bits per heavy atom. The molecule has 0 unspecified atom stereocenters. The summed E-state index contributed by atoms with van der Waals surface area (Å²) in [5.74, 6) is -0.0815. The van der Waals surface area contributed by atoms with E-state index in [-0.39, 0.29) is 5.75 Å². The lowest BCUT2D eigenvalue weighted by Gasteiger charge is -2.00. The van der Waals surface area contributed by atoms with Crippen LogP contribution < -0.4 is 10.5 Å². The second-order valence-electron chi connectivity index (χ2n) is 2.70. The van der Waals surface area contributed by atoms with E-state index >= 15 is 0 Å². The van der Waals surface area contributed by atoms with E-state index in [1.54, 1.807) is 24.1 Å². The predicted octanol–water partition coefficient (Wildman–Crippen LogP) is -0.879. The molecule has 0 aliphatic heterocycles. The number of hydrogen-bond acceptors (Lipinski definition) is 4. The van der Waals surface area contributed by atoms with Gasteiger partial charge in [0.25, 0.3) is 0 Å². The standard InChI is InChI=1S/C6H12N4O2S/c1-10-5-6(4-9-10)8-2-3-13(7,11)12/h4-5,8H,2-3H2,1H3,(H2,7,11,12). The van der Waals surface area contributed by atoms with Crippen molar-refractivity contribution in [1.82, 2.24) is 9.78 Å². The molecule has 0 aromatic carbocycles. The summed E-state index contributed by atoms with van der Waals surface area (Å²) in [6.07, 6.45) is 3.37. The van der Waals surface area contributed by atoms with Gasteiger partial charge in [-0.15, -0.1) is 0 Å². The Labute approximate surface area is 76.8 Å². The lowest BCUT2D eigenvalue weighted by Crippen LogP contribution is -2.22. The van der Waals surface area contributed by atoms with Gasteiger partial charge in [0.1, 0.15) is 0 Å². The van der Waals surface area contributed by atoms with Crippen LogP contribution in [0.4, 0.5) is 5.69 Å². The largest absolute Gasteiger partial charge is 0.381 e. The number of hydrogen-bond donors (Lipinski definition) is 2. The quantitative estimate of drug-likeness (QED) is 0.666. The zero-order valence-corrected chi connectivity index (χ0v) is 8.08. The van der Waals surface area contributed by atoms with E-state index in [1.807, 2.05) is 0 Å². The first-order valence-electron chi connectivity index (χ1n) is 3.70. The molecule has 0 spiro atoms. The number of aryl methyl sites for hydroxylation is 1. The van der Waals surface area contributed by atoms with Gasteiger partial charge in [-0.3, -0.25) is 4.68 Å². The second-order valence-corrected chi connectivity index (χ2v) is 4.43. The average molecular weight is 204 g/mol. The van der Waals surface area contributed by atoms with Gasteiger partial charge in [0, 0.05) is 19.8 Å². The van der Waals surface area contributed by atoms with Crippen molar-refractivity contribution in [3.63, 3.8) is 0 Å². The Morgan fingerprint density at radius 3 is 2.85 bits per heavy atom. The average Bonchev–Trinajstić information content (AvgIpc) is 2.33. The molecular formula is C6H12N4O2S. The molecule has 0 saturated heterocycles. The summed E-state index contributed by atoms with van der Waals surface area (Å²) in [6.45, 7) is 0.296. The summed E-state index contributed by atoms with van der Waals surface area (Å²) in [6, 6.07) is 0. The Balaban J connectivity index is 2.36. The van der Waals surface area contributed by atoms with Crippen molar-refractivity contribution in [3.8, 4) is 0 Å². The normalized spacial score (nSPS) is 11.5. The van der Waals surface area contributed by atoms with Crippen molar-refractivity contribution in [1.29, 1.82) is 0 Å². The van der Waals surface area contributed by atoms with Gasteiger partial charge in [-0.05, 0) is 0 Å². The smallest absolute Gasteiger partial charge is 0.210 e. The SMILES string of the molecule is Cn1cc(NCCS(N)(=O)=O)cn1. The predicted molar refractivity (Wildman–Crippen MR) is 49.7 cm³/mol. The van der Waals surface area contributed by atoms with Crippen LogP contribution in [0.25, 0.3) is 0 Å². The van der Waals surface area contributed by atoms with E-state index < -0.39 is 10.0 Å². The maximum absolute atomic E-state index is 10.5. The summed E-state index contributed by atoms with van der Waals surface area (Å²) < 4.78 is 22.7. The fourth-order valence-corrected chi connectivity index (χ4v) is 1.24. The Hall–Kier alpha value is -1.08. The number of nitrogens with zero attached hydrogens (tertiary/aromatic N) is 2. The third-order valence-electron chi connectivity index (χ3n) is 1.42. The highest BCUT2D eigenvalue weighted by atomic mass is 32.2. The first kappa shape index (κ1) is 10.0. The Kier molecular flexibility index (Phi) is 2.89. The fourth-order valence-electron chi connectivity index (χ4n) is 0.850. The number of aromatic nitrogens is 2. The zero-order valence-electron chi connectivity index (χ0n) is 7.27. The molecular weight excluding hydrogens is 192 g/mol. The van der Waals surface area contributed by atoms with Crippen LogP contribution in [-0.4, -0.2) is 30.5 Å². The molecule has 7 heteroatoms. The van der Waals surface area contributed by atoms with Gasteiger partial charge in [-0.1, -0.05) is 0 Å². The van der Waals surface area contributed by atoms with E-state index in [9.17, 15) is 8.42 Å². The van der Waals surface area contributed by atoms with Crippen LogP contribution >= 0.6 is 0 Å². The molecule has 0 fully saturated rings. The first-order chi connectivity index (χ1) is 5.97. The Bertz CT molecular complexity index is 370. The molecule has 3 N–H and O–H groups in total. The highest BCUT2D eigenvalue weighted by Crippen LogP contribution is 2.01. The fraction of sp³-hybridized carbons (Fsp3) is 0.500. The number of nitrogens with one attached hydrogen (secondary N) is 1. The highest BCUT2D eigenvalue weighted by Gasteiger charge is 2.01. The molecule has 74 valence electrons. The topological polar surface area (TPSA) is 90.0 Å². The molecule has 1 aromatic heterocycles. The lowest BCUT2D eigenvalue weighted by atomic mass is 10.5. The number of anilines is 1. The van der Waals surface area contributed by atoms with Crippen LogP contribution in [0.3, 0.4) is 0 Å². The van der Waals surface area contributed by atoms with Crippen molar-refractivity contribution in [2.24, 2.45) is 12.2 Å². The van der Waals surface area contributed by atoms with E-state index in [0.717, 1.165) is 5.69 Å². The van der Waals surface area contributed by atoms with Crippen LogP contribution in [0.2, 0.25) is 0 Å². The molecule has 0 bridgehead atoms. The van der Waals surface area contributed by atoms with Crippen LogP contribution in [0.15, 0.2) is 12.4 Å². The molecule has 0 saturated carbocycles. The molecule has 0 radical (unpaired) electrons. The molecule has 0 amide bonds. The number of nitrogens with two attached hydrogens (primary N) is 1. The number of primary sulfonamides is 1. The molecule has 0 atom stereocenters. The van der Waals surface area contributed by atoms with Gasteiger partial charge < -0.3 is 5.32 Å². The van der Waals surface area contributed by atoms with Gasteiger partial charge in [0.05, 0.1) is 17.6 Å². The summed E-state index contributed by atoms with van der Waals surface area (Å²) >= 11 is 0. The molecule has 1 heterocycles. The Morgan fingerprint density at radius 2 is 2.38 bits per heavy atom. The van der Waals surface area contributed by atoms with Crippen LogP contribution in [0.5, 0.6) is 0 Å². The molecule has 13 heavy (non-hydrogen) atoms. The maximum Gasteiger partial charge on any atom is 0.210 e. The van der Waals surface area contributed by atoms with Crippen molar-refractivity contribution >= 4 is 15.7 Å². The van der Waals surface area contributed by atoms with Gasteiger partial charge in [-0.25, -0.2) is 13.6 Å². The van der Waals surface area contributed by atoms with E-state index in [4.69, 9.17) is 5.14 Å². The number of sulfonamides is 1. The van der Waals surface area contributed by atoms with Crippen molar-refractivity contribution < 1.29 is 8.42 Å². The molecule has 1 aromatic rings. The van der Waals surface area contributed by atoms with Crippen LogP contribution in [0.1, 0.15) is 0 Å². The molecule has 6 nitrogen and oxygen atoms in total. The first-order valence-corrected chi connectivity index (χ1v) is 5.42. The summed E-state index contributed by atoms with van der Waals surface area (Å²) in [7, 11) is -1.59. The monoisotopic (exact) mass is 204 g/mol. The van der Waals surface area contributed by atoms with Gasteiger partial charge >= 0.3 is 0 Å². The summed E-state index contributed by atoms with van der Waals surface area (Å²) in [4.78, 5) is 0. The van der Waals surface area contributed by atoms with E-state index in [2.05, 4.69) is 10.4 Å². The molecule has 1 rings (SSSR count). The summed E-state index contributed by atoms with van der Waals surface area (Å²) in [5, 5.41) is 11.6. The third-order valence-corrected chi connectivity index (χ3v) is 2.19. The number of rotatable bonds is 4. The molecule has 0 aliphatic rings. The van der Waals surface area contributed by atoms with Crippen molar-refractivity contribution in [2.75, 3.05) is 17.6 Å². The van der Waals surface area contributed by atoms with Crippen LogP contribution in [-0.2, 0) is 17.1 Å². The minimum absolute atomic E-state index is 0.0815. The second kappa shape index (κ2) is 3.75. The third kappa shape index (κ3) is 3.90. The van der Waals surface area contributed by atoms with Crippen molar-refractivity contribution in [3.05, 3.63) is 12.4 Å². The van der Waals surface area contributed by atoms with Crippen molar-refractivity contribution in [2.45, 2.75) is 0 Å². The van der Waals surface area contributed by atoms with E-state index in [1.165, 1.54) is 0 Å². The maximum atomic E-state index is 10.5. The minimum Gasteiger partial charge on any atom is -0.381 e. The minimum atomic E-state index is -3.38. The zero-order chi connectivity index (χ0) is 9.90. The summed E-state index contributed by atoms with van der Waals surface area (Å²) in [5.41, 5.74) is 0.783. The van der Waals surface area contributed by atoms with Crippen LogP contribution in [0, 0.1) is 0 Å². The molecule has 0 aliphatic carbocycles. The highest BCUT2D eigenvalue weighted by molar-refractivity contribution is 7.89. The van der Waals surface area contributed by atoms with Gasteiger partial charge in [-0.2, -0.15) is 5.10 Å². The van der Waals surface area contributed by atoms with Gasteiger partial charge in [0.2, 0.25) is 10.0 Å². The lowest BCUT2D eigenvalue weighted by molar-refractivity contribution is 0.598.